The number of piperidine rings is 1. The van der Waals surface area contributed by atoms with E-state index in [1.165, 1.54) is 11.3 Å². The zero-order chi connectivity index (χ0) is 14.6. The van der Waals surface area contributed by atoms with Crippen LogP contribution in [0.25, 0.3) is 0 Å². The maximum Gasteiger partial charge on any atom is 0.252 e. The average molecular weight is 382 g/mol. The number of hydrogen-bond acceptors (Lipinski definition) is 4. The van der Waals surface area contributed by atoms with Crippen LogP contribution in [-0.4, -0.2) is 43.9 Å². The summed E-state index contributed by atoms with van der Waals surface area (Å²) in [5.74, 6) is 0. The Balaban J connectivity index is 1.98. The number of rotatable bonds is 6. The van der Waals surface area contributed by atoms with E-state index in [0.29, 0.717) is 23.9 Å². The third kappa shape index (κ3) is 3.82. The lowest BCUT2D eigenvalue weighted by Gasteiger charge is -2.30. The van der Waals surface area contributed by atoms with Crippen LogP contribution < -0.4 is 0 Å². The van der Waals surface area contributed by atoms with Gasteiger partial charge in [0.2, 0.25) is 0 Å². The van der Waals surface area contributed by atoms with Crippen molar-refractivity contribution < 1.29 is 13.2 Å². The first-order chi connectivity index (χ1) is 9.57. The van der Waals surface area contributed by atoms with Crippen LogP contribution in [0.5, 0.6) is 0 Å². The fraction of sp³-hybridized carbons (Fsp3) is 0.692. The molecule has 20 heavy (non-hydrogen) atoms. The third-order valence-corrected chi connectivity index (χ3v) is 7.33. The van der Waals surface area contributed by atoms with E-state index >= 15 is 0 Å². The number of hydrogen-bond donors (Lipinski definition) is 0. The summed E-state index contributed by atoms with van der Waals surface area (Å²) in [5, 5.41) is 0.820. The van der Waals surface area contributed by atoms with E-state index in [-0.39, 0.29) is 6.10 Å². The first-order valence-corrected chi connectivity index (χ1v) is 10.2. The summed E-state index contributed by atoms with van der Waals surface area (Å²) in [6.45, 7) is 3.82. The molecule has 0 amide bonds. The highest BCUT2D eigenvalue weighted by molar-refractivity contribution is 9.09. The van der Waals surface area contributed by atoms with Crippen molar-refractivity contribution in [2.45, 2.75) is 36.5 Å². The topological polar surface area (TPSA) is 46.6 Å². The lowest BCUT2D eigenvalue weighted by Crippen LogP contribution is -2.40. The van der Waals surface area contributed by atoms with E-state index in [1.807, 2.05) is 13.0 Å². The second-order valence-corrected chi connectivity index (χ2v) is 8.86. The van der Waals surface area contributed by atoms with Crippen molar-refractivity contribution in [2.24, 2.45) is 0 Å². The second kappa shape index (κ2) is 7.35. The molecular formula is C13H20BrNO3S2. The molecule has 0 atom stereocenters. The molecule has 1 fully saturated rings. The Morgan fingerprint density at radius 3 is 2.65 bits per heavy atom. The Kier molecular flexibility index (Phi) is 6.04. The van der Waals surface area contributed by atoms with Crippen LogP contribution in [0.3, 0.4) is 0 Å². The number of halogens is 1. The molecule has 0 spiro atoms. The minimum absolute atomic E-state index is 0.188. The molecule has 0 unspecified atom stereocenters. The minimum atomic E-state index is -3.31. The Labute approximate surface area is 133 Å². The second-order valence-electron chi connectivity index (χ2n) is 4.74. The molecule has 4 nitrogen and oxygen atoms in total. The van der Waals surface area contributed by atoms with Crippen LogP contribution in [0.4, 0.5) is 0 Å². The largest absolute Gasteiger partial charge is 0.377 e. The molecule has 1 aromatic rings. The Morgan fingerprint density at radius 1 is 1.40 bits per heavy atom. The molecule has 1 aliphatic heterocycles. The van der Waals surface area contributed by atoms with Gasteiger partial charge in [0.05, 0.1) is 12.7 Å². The number of sulfonamides is 1. The van der Waals surface area contributed by atoms with Crippen molar-refractivity contribution >= 4 is 37.3 Å². The lowest BCUT2D eigenvalue weighted by atomic mass is 10.1. The molecule has 7 heteroatoms. The summed E-state index contributed by atoms with van der Waals surface area (Å²) in [6.07, 6.45) is 2.62. The predicted molar refractivity (Wildman–Crippen MR) is 85.2 cm³/mol. The van der Waals surface area contributed by atoms with E-state index in [1.54, 1.807) is 10.4 Å². The SMILES string of the molecule is CCc1ccc(S(=O)(=O)N2CCC(OCCBr)CC2)s1. The van der Waals surface area contributed by atoms with Gasteiger partial charge in [0.1, 0.15) is 4.21 Å². The van der Waals surface area contributed by atoms with Crippen LogP contribution in [0.1, 0.15) is 24.6 Å². The molecule has 1 aromatic heterocycles. The Bertz CT molecular complexity index is 521. The quantitative estimate of drug-likeness (QED) is 0.711. The zero-order valence-corrected chi connectivity index (χ0v) is 14.8. The van der Waals surface area contributed by atoms with Gasteiger partial charge in [-0.25, -0.2) is 8.42 Å². The molecule has 0 bridgehead atoms. The van der Waals surface area contributed by atoms with Gasteiger partial charge in [0, 0.05) is 23.3 Å². The molecule has 0 aliphatic carbocycles. The molecule has 0 saturated carbocycles. The number of ether oxygens (including phenoxy) is 1. The summed E-state index contributed by atoms with van der Waals surface area (Å²) in [4.78, 5) is 1.11. The van der Waals surface area contributed by atoms with Gasteiger partial charge in [0.15, 0.2) is 0 Å². The van der Waals surface area contributed by atoms with Gasteiger partial charge in [-0.05, 0) is 31.4 Å². The molecule has 1 saturated heterocycles. The predicted octanol–water partition coefficient (Wildman–Crippen LogP) is 2.88. The molecule has 114 valence electrons. The summed E-state index contributed by atoms with van der Waals surface area (Å²) in [7, 11) is -3.31. The average Bonchev–Trinajstić information content (AvgIpc) is 2.95. The zero-order valence-electron chi connectivity index (χ0n) is 11.5. The van der Waals surface area contributed by atoms with Gasteiger partial charge < -0.3 is 4.74 Å². The number of nitrogens with zero attached hydrogens (tertiary/aromatic N) is 1. The van der Waals surface area contributed by atoms with Crippen molar-refractivity contribution in [1.29, 1.82) is 0 Å². The highest BCUT2D eigenvalue weighted by Gasteiger charge is 2.30. The summed E-state index contributed by atoms with van der Waals surface area (Å²) in [5.41, 5.74) is 0. The van der Waals surface area contributed by atoms with Crippen LogP contribution in [0.15, 0.2) is 16.3 Å². The van der Waals surface area contributed by atoms with Crippen LogP contribution in [0.2, 0.25) is 0 Å². The molecular weight excluding hydrogens is 362 g/mol. The molecule has 1 aliphatic rings. The van der Waals surface area contributed by atoms with E-state index in [0.717, 1.165) is 29.5 Å². The molecule has 2 rings (SSSR count). The van der Waals surface area contributed by atoms with Gasteiger partial charge >= 0.3 is 0 Å². The van der Waals surface area contributed by atoms with Crippen LogP contribution in [-0.2, 0) is 21.2 Å². The Hall–Kier alpha value is 0.0500. The maximum atomic E-state index is 12.5. The van der Waals surface area contributed by atoms with Gasteiger partial charge in [-0.15, -0.1) is 11.3 Å². The van der Waals surface area contributed by atoms with Crippen molar-refractivity contribution in [3.8, 4) is 0 Å². The first-order valence-electron chi connectivity index (χ1n) is 6.84. The summed E-state index contributed by atoms with van der Waals surface area (Å²) in [6, 6.07) is 3.63. The van der Waals surface area contributed by atoms with Gasteiger partial charge in [0.25, 0.3) is 10.0 Å². The van der Waals surface area contributed by atoms with E-state index < -0.39 is 10.0 Å². The highest BCUT2D eigenvalue weighted by Crippen LogP contribution is 2.27. The monoisotopic (exact) mass is 381 g/mol. The normalized spacial score (nSPS) is 18.5. The third-order valence-electron chi connectivity index (χ3n) is 3.41. The Morgan fingerprint density at radius 2 is 2.10 bits per heavy atom. The fourth-order valence-electron chi connectivity index (χ4n) is 2.26. The van der Waals surface area contributed by atoms with E-state index in [9.17, 15) is 8.42 Å². The standard InChI is InChI=1S/C13H20BrNO3S2/c1-2-12-3-4-13(19-12)20(16,17)15-8-5-11(6-9-15)18-10-7-14/h3-4,11H,2,5-10H2,1H3. The maximum absolute atomic E-state index is 12.5. The minimum Gasteiger partial charge on any atom is -0.377 e. The van der Waals surface area contributed by atoms with E-state index in [4.69, 9.17) is 4.74 Å². The number of alkyl halides is 1. The molecule has 0 radical (unpaired) electrons. The van der Waals surface area contributed by atoms with Crippen LogP contribution in [0, 0.1) is 0 Å². The van der Waals surface area contributed by atoms with E-state index in [2.05, 4.69) is 15.9 Å². The van der Waals surface area contributed by atoms with Gasteiger partial charge in [-0.2, -0.15) is 4.31 Å². The first kappa shape index (κ1) is 16.4. The highest BCUT2D eigenvalue weighted by atomic mass is 79.9. The smallest absolute Gasteiger partial charge is 0.252 e. The van der Waals surface area contributed by atoms with Crippen molar-refractivity contribution in [3.63, 3.8) is 0 Å². The van der Waals surface area contributed by atoms with Gasteiger partial charge in [-0.3, -0.25) is 0 Å². The molecule has 0 N–H and O–H groups in total. The summed E-state index contributed by atoms with van der Waals surface area (Å²) < 4.78 is 32.8. The lowest BCUT2D eigenvalue weighted by molar-refractivity contribution is 0.0309. The number of thiophene rings is 1. The molecule has 0 aromatic carbocycles. The van der Waals surface area contributed by atoms with Crippen molar-refractivity contribution in [1.82, 2.24) is 4.31 Å². The van der Waals surface area contributed by atoms with Crippen molar-refractivity contribution in [3.05, 3.63) is 17.0 Å². The molecule has 2 heterocycles. The van der Waals surface area contributed by atoms with Crippen LogP contribution >= 0.6 is 27.3 Å². The summed E-state index contributed by atoms with van der Waals surface area (Å²) >= 11 is 4.71. The fourth-order valence-corrected chi connectivity index (χ4v) is 5.37. The van der Waals surface area contributed by atoms with Gasteiger partial charge in [-0.1, -0.05) is 22.9 Å². The number of aryl methyl sites for hydroxylation is 1. The van der Waals surface area contributed by atoms with Crippen molar-refractivity contribution in [2.75, 3.05) is 25.0 Å².